The van der Waals surface area contributed by atoms with E-state index in [9.17, 15) is 0 Å². The number of anilines is 1. The van der Waals surface area contributed by atoms with E-state index in [-0.39, 0.29) is 12.2 Å². The van der Waals surface area contributed by atoms with Gasteiger partial charge in [-0.2, -0.15) is 4.80 Å². The Balaban J connectivity index is 1.65. The molecule has 1 saturated heterocycles. The van der Waals surface area contributed by atoms with Crippen LogP contribution in [0.1, 0.15) is 19.3 Å². The van der Waals surface area contributed by atoms with Gasteiger partial charge in [0.1, 0.15) is 0 Å². The SMILES string of the molecule is Nc1nnn(CCOC2CCCCO2)n1. The second-order valence-electron chi connectivity index (χ2n) is 3.41. The van der Waals surface area contributed by atoms with Crippen molar-refractivity contribution in [3.63, 3.8) is 0 Å². The molecule has 2 heterocycles. The number of nitrogens with zero attached hydrogens (tertiary/aromatic N) is 4. The Morgan fingerprint density at radius 2 is 2.47 bits per heavy atom. The number of rotatable bonds is 4. The minimum atomic E-state index is -0.0698. The molecule has 0 saturated carbocycles. The van der Waals surface area contributed by atoms with E-state index in [0.29, 0.717) is 13.2 Å². The third-order valence-corrected chi connectivity index (χ3v) is 2.20. The van der Waals surface area contributed by atoms with Gasteiger partial charge in [0, 0.05) is 6.61 Å². The number of ether oxygens (including phenoxy) is 2. The lowest BCUT2D eigenvalue weighted by Crippen LogP contribution is -2.24. The van der Waals surface area contributed by atoms with Crippen molar-refractivity contribution in [3.8, 4) is 0 Å². The molecule has 7 heteroatoms. The van der Waals surface area contributed by atoms with Crippen LogP contribution in [0.5, 0.6) is 0 Å². The monoisotopic (exact) mass is 213 g/mol. The van der Waals surface area contributed by atoms with Gasteiger partial charge in [0.05, 0.1) is 13.2 Å². The molecule has 2 rings (SSSR count). The van der Waals surface area contributed by atoms with E-state index in [1.54, 1.807) is 0 Å². The normalized spacial score (nSPS) is 21.7. The van der Waals surface area contributed by atoms with Gasteiger partial charge in [-0.05, 0) is 24.5 Å². The quantitative estimate of drug-likeness (QED) is 0.745. The average molecular weight is 213 g/mol. The van der Waals surface area contributed by atoms with Gasteiger partial charge < -0.3 is 15.2 Å². The first-order valence-corrected chi connectivity index (χ1v) is 5.11. The number of tetrazole rings is 1. The minimum Gasteiger partial charge on any atom is -0.365 e. The molecule has 2 N–H and O–H groups in total. The number of nitrogens with two attached hydrogens (primary N) is 1. The lowest BCUT2D eigenvalue weighted by atomic mass is 10.2. The standard InChI is InChI=1S/C8H15N5O2/c9-8-10-12-13(11-8)4-6-15-7-3-1-2-5-14-7/h7H,1-6H2,(H2,9,11). The smallest absolute Gasteiger partial charge is 0.260 e. The fraction of sp³-hybridized carbons (Fsp3) is 0.875. The van der Waals surface area contributed by atoms with Crippen molar-refractivity contribution >= 4 is 5.95 Å². The van der Waals surface area contributed by atoms with Gasteiger partial charge >= 0.3 is 0 Å². The molecule has 1 unspecified atom stereocenters. The van der Waals surface area contributed by atoms with E-state index in [1.165, 1.54) is 11.2 Å². The molecule has 1 fully saturated rings. The molecule has 84 valence electrons. The van der Waals surface area contributed by atoms with Crippen molar-refractivity contribution in [3.05, 3.63) is 0 Å². The highest BCUT2D eigenvalue weighted by molar-refractivity contribution is 5.06. The van der Waals surface area contributed by atoms with Crippen LogP contribution in [0.3, 0.4) is 0 Å². The van der Waals surface area contributed by atoms with Gasteiger partial charge in [0.25, 0.3) is 5.95 Å². The molecule has 7 nitrogen and oxygen atoms in total. The Labute approximate surface area is 87.5 Å². The van der Waals surface area contributed by atoms with E-state index in [0.717, 1.165) is 19.4 Å². The molecule has 1 aliphatic rings. The summed E-state index contributed by atoms with van der Waals surface area (Å²) < 4.78 is 10.9. The fourth-order valence-electron chi connectivity index (χ4n) is 1.46. The zero-order valence-corrected chi connectivity index (χ0v) is 8.50. The van der Waals surface area contributed by atoms with Crippen LogP contribution < -0.4 is 5.73 Å². The van der Waals surface area contributed by atoms with Crippen LogP contribution in [0, 0.1) is 0 Å². The van der Waals surface area contributed by atoms with Crippen molar-refractivity contribution in [2.24, 2.45) is 0 Å². The molecule has 1 aromatic heterocycles. The van der Waals surface area contributed by atoms with Crippen LogP contribution in [-0.2, 0) is 16.0 Å². The summed E-state index contributed by atoms with van der Waals surface area (Å²) in [6.07, 6.45) is 3.19. The predicted octanol–water partition coefficient (Wildman–Crippen LogP) is -0.202. The second kappa shape index (κ2) is 5.04. The third-order valence-electron chi connectivity index (χ3n) is 2.20. The summed E-state index contributed by atoms with van der Waals surface area (Å²) >= 11 is 0. The van der Waals surface area contributed by atoms with Crippen LogP contribution in [0.15, 0.2) is 0 Å². The number of aromatic nitrogens is 4. The highest BCUT2D eigenvalue weighted by atomic mass is 16.7. The minimum absolute atomic E-state index is 0.0698. The molecule has 0 spiro atoms. The maximum Gasteiger partial charge on any atom is 0.260 e. The molecule has 0 radical (unpaired) electrons. The van der Waals surface area contributed by atoms with Crippen molar-refractivity contribution in [1.29, 1.82) is 0 Å². The Morgan fingerprint density at radius 1 is 1.53 bits per heavy atom. The Bertz CT molecular complexity index is 297. The summed E-state index contributed by atoms with van der Waals surface area (Å²) in [4.78, 5) is 1.41. The van der Waals surface area contributed by atoms with E-state index in [4.69, 9.17) is 15.2 Å². The van der Waals surface area contributed by atoms with Gasteiger partial charge in [-0.25, -0.2) is 0 Å². The van der Waals surface area contributed by atoms with Crippen molar-refractivity contribution in [2.45, 2.75) is 32.1 Å². The van der Waals surface area contributed by atoms with E-state index >= 15 is 0 Å². The molecule has 1 atom stereocenters. The second-order valence-corrected chi connectivity index (χ2v) is 3.41. The first kappa shape index (κ1) is 10.3. The van der Waals surface area contributed by atoms with Gasteiger partial charge in [-0.15, -0.1) is 5.10 Å². The van der Waals surface area contributed by atoms with Crippen LogP contribution in [0.25, 0.3) is 0 Å². The highest BCUT2D eigenvalue weighted by Gasteiger charge is 2.13. The summed E-state index contributed by atoms with van der Waals surface area (Å²) in [7, 11) is 0. The van der Waals surface area contributed by atoms with Gasteiger partial charge in [-0.3, -0.25) is 0 Å². The average Bonchev–Trinajstić information content (AvgIpc) is 2.66. The molecule has 15 heavy (non-hydrogen) atoms. The molecule has 0 aliphatic carbocycles. The number of hydrogen-bond acceptors (Lipinski definition) is 6. The highest BCUT2D eigenvalue weighted by Crippen LogP contribution is 2.13. The molecule has 1 aliphatic heterocycles. The summed E-state index contributed by atoms with van der Waals surface area (Å²) in [6.45, 7) is 1.85. The van der Waals surface area contributed by atoms with Crippen LogP contribution in [-0.4, -0.2) is 39.7 Å². The molecule has 0 bridgehead atoms. The molecule has 1 aromatic rings. The van der Waals surface area contributed by atoms with Gasteiger partial charge in [0.2, 0.25) is 0 Å². The van der Waals surface area contributed by atoms with Gasteiger partial charge in [-0.1, -0.05) is 5.10 Å². The predicted molar refractivity (Wildman–Crippen MR) is 51.8 cm³/mol. The Hall–Kier alpha value is -1.21. The molecular weight excluding hydrogens is 198 g/mol. The fourth-order valence-corrected chi connectivity index (χ4v) is 1.46. The Morgan fingerprint density at radius 3 is 3.13 bits per heavy atom. The number of hydrogen-bond donors (Lipinski definition) is 1. The van der Waals surface area contributed by atoms with Crippen LogP contribution in [0.2, 0.25) is 0 Å². The maximum absolute atomic E-state index is 5.50. The maximum atomic E-state index is 5.50. The van der Waals surface area contributed by atoms with Crippen molar-refractivity contribution in [2.75, 3.05) is 18.9 Å². The van der Waals surface area contributed by atoms with Gasteiger partial charge in [0.15, 0.2) is 6.29 Å². The van der Waals surface area contributed by atoms with Crippen LogP contribution >= 0.6 is 0 Å². The zero-order valence-electron chi connectivity index (χ0n) is 8.50. The topological polar surface area (TPSA) is 88.1 Å². The first-order valence-electron chi connectivity index (χ1n) is 5.11. The summed E-state index contributed by atoms with van der Waals surface area (Å²) in [5.74, 6) is 0.184. The molecule has 0 aromatic carbocycles. The summed E-state index contributed by atoms with van der Waals surface area (Å²) in [5.41, 5.74) is 5.32. The lowest BCUT2D eigenvalue weighted by Gasteiger charge is -2.22. The largest absolute Gasteiger partial charge is 0.365 e. The zero-order chi connectivity index (χ0) is 10.5. The third kappa shape index (κ3) is 3.14. The molecular formula is C8H15N5O2. The molecule has 0 amide bonds. The lowest BCUT2D eigenvalue weighted by molar-refractivity contribution is -0.164. The Kier molecular flexibility index (Phi) is 3.46. The van der Waals surface area contributed by atoms with E-state index < -0.39 is 0 Å². The number of nitrogen functional groups attached to an aromatic ring is 1. The summed E-state index contributed by atoms with van der Waals surface area (Å²) in [5, 5.41) is 11.1. The van der Waals surface area contributed by atoms with E-state index in [2.05, 4.69) is 15.4 Å². The van der Waals surface area contributed by atoms with Crippen molar-refractivity contribution in [1.82, 2.24) is 20.2 Å². The first-order chi connectivity index (χ1) is 7.34. The van der Waals surface area contributed by atoms with Crippen molar-refractivity contribution < 1.29 is 9.47 Å². The van der Waals surface area contributed by atoms with Crippen LogP contribution in [0.4, 0.5) is 5.95 Å². The van der Waals surface area contributed by atoms with E-state index in [1.807, 2.05) is 0 Å². The summed E-state index contributed by atoms with van der Waals surface area (Å²) in [6, 6.07) is 0.